The fraction of sp³-hybridized carbons (Fsp3) is 0.600. The summed E-state index contributed by atoms with van der Waals surface area (Å²) in [4.78, 5) is 38.3. The van der Waals surface area contributed by atoms with Crippen LogP contribution in [0.1, 0.15) is 19.8 Å². The van der Waals surface area contributed by atoms with Crippen molar-refractivity contribution in [2.24, 2.45) is 13.0 Å². The molecule has 10 nitrogen and oxygen atoms in total. The van der Waals surface area contributed by atoms with E-state index in [0.717, 1.165) is 32.6 Å². The van der Waals surface area contributed by atoms with Crippen LogP contribution in [0.15, 0.2) is 4.79 Å². The molecule has 0 unspecified atom stereocenters. The number of aliphatic carboxylic acids is 1. The minimum atomic E-state index is -0.811. The summed E-state index contributed by atoms with van der Waals surface area (Å²) in [7, 11) is 1.68. The van der Waals surface area contributed by atoms with E-state index in [1.54, 1.807) is 14.0 Å². The number of hydrogen-bond donors (Lipinski definition) is 2. The molecular formula is C20H27N7O3. The first-order valence-corrected chi connectivity index (χ1v) is 10.3. The van der Waals surface area contributed by atoms with Crippen molar-refractivity contribution in [3.63, 3.8) is 0 Å². The van der Waals surface area contributed by atoms with Crippen LogP contribution in [0.25, 0.3) is 11.2 Å². The van der Waals surface area contributed by atoms with Gasteiger partial charge >= 0.3 is 5.97 Å². The molecule has 2 aliphatic rings. The summed E-state index contributed by atoms with van der Waals surface area (Å²) < 4.78 is 3.36. The molecule has 4 heterocycles. The number of fused-ring (bicyclic) bond motifs is 1. The van der Waals surface area contributed by atoms with Gasteiger partial charge in [0.15, 0.2) is 11.2 Å². The number of piperidine rings is 1. The van der Waals surface area contributed by atoms with Gasteiger partial charge in [0.05, 0.1) is 12.5 Å². The Bertz CT molecular complexity index is 1070. The van der Waals surface area contributed by atoms with Crippen molar-refractivity contribution in [2.75, 3.05) is 49.1 Å². The third-order valence-electron chi connectivity index (χ3n) is 5.81. The van der Waals surface area contributed by atoms with Crippen molar-refractivity contribution in [3.8, 4) is 11.8 Å². The van der Waals surface area contributed by atoms with Crippen molar-refractivity contribution < 1.29 is 9.90 Å². The SMILES string of the molecule is CC#CCn1c(N2CCNCC2)nc2nc(N3CCC[C@H](C(=O)O)C3)n(C)c(=O)c21. The number of hydrogen-bond acceptors (Lipinski definition) is 7. The van der Waals surface area contributed by atoms with E-state index in [0.29, 0.717) is 49.1 Å². The van der Waals surface area contributed by atoms with E-state index >= 15 is 0 Å². The molecule has 10 heteroatoms. The van der Waals surface area contributed by atoms with Crippen LogP contribution in [0.4, 0.5) is 11.9 Å². The second kappa shape index (κ2) is 8.36. The lowest BCUT2D eigenvalue weighted by Gasteiger charge is -2.32. The standard InChI is InChI=1S/C20H27N7O3/c1-3-4-10-27-15-16(23-20(27)25-11-7-21-8-12-25)22-19(24(2)17(15)28)26-9-5-6-14(13-26)18(29)30/h14,21H,5-13H2,1-2H3,(H,29,30)/t14-/m0/s1. The molecule has 0 aliphatic carbocycles. The predicted molar refractivity (Wildman–Crippen MR) is 114 cm³/mol. The highest BCUT2D eigenvalue weighted by Crippen LogP contribution is 2.25. The van der Waals surface area contributed by atoms with Gasteiger partial charge in [0.1, 0.15) is 0 Å². The van der Waals surface area contributed by atoms with E-state index in [-0.39, 0.29) is 5.56 Å². The lowest BCUT2D eigenvalue weighted by molar-refractivity contribution is -0.141. The molecule has 30 heavy (non-hydrogen) atoms. The first kappa shape index (κ1) is 20.2. The fourth-order valence-corrected chi connectivity index (χ4v) is 4.19. The van der Waals surface area contributed by atoms with Gasteiger partial charge < -0.3 is 20.2 Å². The number of rotatable bonds is 4. The summed E-state index contributed by atoms with van der Waals surface area (Å²) in [5, 5.41) is 12.7. The molecule has 0 amide bonds. The molecule has 2 fully saturated rings. The van der Waals surface area contributed by atoms with Crippen LogP contribution in [-0.2, 0) is 18.4 Å². The highest BCUT2D eigenvalue weighted by Gasteiger charge is 2.29. The van der Waals surface area contributed by atoms with E-state index in [1.165, 1.54) is 4.57 Å². The largest absolute Gasteiger partial charge is 0.481 e. The van der Waals surface area contributed by atoms with Crippen molar-refractivity contribution in [1.82, 2.24) is 24.4 Å². The summed E-state index contributed by atoms with van der Waals surface area (Å²) in [5.74, 6) is 5.84. The highest BCUT2D eigenvalue weighted by atomic mass is 16.4. The number of carbonyl (C=O) groups is 1. The maximum atomic E-state index is 13.3. The summed E-state index contributed by atoms with van der Waals surface area (Å²) in [6, 6.07) is 0. The Balaban J connectivity index is 1.81. The van der Waals surface area contributed by atoms with Crippen LogP contribution in [0, 0.1) is 17.8 Å². The zero-order valence-electron chi connectivity index (χ0n) is 17.4. The number of imidazole rings is 1. The minimum absolute atomic E-state index is 0.195. The Labute approximate surface area is 174 Å². The van der Waals surface area contributed by atoms with Crippen molar-refractivity contribution in [3.05, 3.63) is 10.4 Å². The van der Waals surface area contributed by atoms with Gasteiger partial charge in [-0.15, -0.1) is 5.92 Å². The van der Waals surface area contributed by atoms with E-state index in [4.69, 9.17) is 9.97 Å². The van der Waals surface area contributed by atoms with E-state index < -0.39 is 11.9 Å². The highest BCUT2D eigenvalue weighted by molar-refractivity contribution is 5.76. The van der Waals surface area contributed by atoms with Crippen molar-refractivity contribution >= 4 is 29.0 Å². The summed E-state index contributed by atoms with van der Waals surface area (Å²) in [6.07, 6.45) is 1.39. The number of nitrogens with one attached hydrogen (secondary N) is 1. The Kier molecular flexibility index (Phi) is 5.63. The van der Waals surface area contributed by atoms with Gasteiger partial charge in [-0.25, -0.2) is 0 Å². The fourth-order valence-electron chi connectivity index (χ4n) is 4.19. The summed E-state index contributed by atoms with van der Waals surface area (Å²) in [5.41, 5.74) is 0.626. The van der Waals surface area contributed by atoms with Gasteiger partial charge in [-0.2, -0.15) is 9.97 Å². The lowest BCUT2D eigenvalue weighted by atomic mass is 9.99. The Morgan fingerprint density at radius 3 is 2.63 bits per heavy atom. The molecule has 4 rings (SSSR count). The average molecular weight is 413 g/mol. The first-order chi connectivity index (χ1) is 14.5. The van der Waals surface area contributed by atoms with Crippen LogP contribution in [0.2, 0.25) is 0 Å². The normalized spacial score (nSPS) is 19.6. The predicted octanol–water partition coefficient (Wildman–Crippen LogP) is -0.136. The topological polar surface area (TPSA) is 109 Å². The molecule has 2 N–H and O–H groups in total. The van der Waals surface area contributed by atoms with Crippen molar-refractivity contribution in [1.29, 1.82) is 0 Å². The Hall–Kier alpha value is -3.06. The first-order valence-electron chi connectivity index (χ1n) is 10.3. The molecule has 0 aromatic carbocycles. The third kappa shape index (κ3) is 3.61. The molecule has 1 atom stereocenters. The quantitative estimate of drug-likeness (QED) is 0.667. The summed E-state index contributed by atoms with van der Waals surface area (Å²) >= 11 is 0. The minimum Gasteiger partial charge on any atom is -0.481 e. The molecular weight excluding hydrogens is 386 g/mol. The van der Waals surface area contributed by atoms with Gasteiger partial charge in [-0.3, -0.25) is 18.7 Å². The molecule has 160 valence electrons. The van der Waals surface area contributed by atoms with Crippen LogP contribution < -0.4 is 20.7 Å². The molecule has 0 spiro atoms. The smallest absolute Gasteiger partial charge is 0.308 e. The number of carboxylic acids is 1. The number of aromatic nitrogens is 4. The molecule has 0 bridgehead atoms. The number of carboxylic acid groups (broad SMARTS) is 1. The van der Waals surface area contributed by atoms with Gasteiger partial charge in [-0.05, 0) is 19.8 Å². The monoisotopic (exact) mass is 413 g/mol. The number of nitrogens with zero attached hydrogens (tertiary/aromatic N) is 6. The van der Waals surface area contributed by atoms with Gasteiger partial charge in [0.2, 0.25) is 11.9 Å². The third-order valence-corrected chi connectivity index (χ3v) is 5.81. The lowest BCUT2D eigenvalue weighted by Crippen LogP contribution is -2.44. The van der Waals surface area contributed by atoms with Gasteiger partial charge in [-0.1, -0.05) is 5.92 Å². The van der Waals surface area contributed by atoms with Crippen LogP contribution in [0.3, 0.4) is 0 Å². The van der Waals surface area contributed by atoms with Crippen LogP contribution in [-0.4, -0.2) is 69.4 Å². The Morgan fingerprint density at radius 2 is 1.93 bits per heavy atom. The Morgan fingerprint density at radius 1 is 1.20 bits per heavy atom. The summed E-state index contributed by atoms with van der Waals surface area (Å²) in [6.45, 7) is 6.44. The van der Waals surface area contributed by atoms with Gasteiger partial charge in [0.25, 0.3) is 5.56 Å². The second-order valence-electron chi connectivity index (χ2n) is 7.73. The van der Waals surface area contributed by atoms with Gasteiger partial charge in [0, 0.05) is 46.3 Å². The van der Waals surface area contributed by atoms with E-state index in [2.05, 4.69) is 22.1 Å². The number of piperazine rings is 1. The van der Waals surface area contributed by atoms with E-state index in [1.807, 2.05) is 9.47 Å². The zero-order chi connectivity index (χ0) is 21.3. The zero-order valence-corrected chi connectivity index (χ0v) is 17.4. The second-order valence-corrected chi connectivity index (χ2v) is 7.73. The average Bonchev–Trinajstić information content (AvgIpc) is 3.14. The molecule has 2 saturated heterocycles. The molecule has 2 aromatic heterocycles. The van der Waals surface area contributed by atoms with Crippen molar-refractivity contribution in [2.45, 2.75) is 26.3 Å². The molecule has 2 aromatic rings. The maximum absolute atomic E-state index is 13.3. The maximum Gasteiger partial charge on any atom is 0.308 e. The number of anilines is 2. The van der Waals surface area contributed by atoms with E-state index in [9.17, 15) is 14.7 Å². The molecule has 2 aliphatic heterocycles. The molecule has 0 radical (unpaired) electrons. The molecule has 0 saturated carbocycles. The van der Waals surface area contributed by atoms with Crippen LogP contribution in [0.5, 0.6) is 0 Å². The van der Waals surface area contributed by atoms with Crippen LogP contribution >= 0.6 is 0 Å².